The number of aliphatic carboxylic acids is 1. The molecule has 2 aromatic carbocycles. The number of nitrogens with zero attached hydrogens (tertiary/aromatic N) is 1. The Morgan fingerprint density at radius 3 is 2.38 bits per heavy atom. The highest BCUT2D eigenvalue weighted by Gasteiger charge is 2.32. The monoisotopic (exact) mass is 513 g/mol. The van der Waals surface area contributed by atoms with Gasteiger partial charge in [0.2, 0.25) is 11.7 Å². The summed E-state index contributed by atoms with van der Waals surface area (Å²) in [5.41, 5.74) is -0.0563. The summed E-state index contributed by atoms with van der Waals surface area (Å²) >= 11 is 0. The Morgan fingerprint density at radius 2 is 1.73 bits per heavy atom. The molecule has 9 nitrogen and oxygen atoms in total. The Balaban J connectivity index is 1.87. The third-order valence-corrected chi connectivity index (χ3v) is 5.42. The second-order valence-corrected chi connectivity index (χ2v) is 8.61. The number of benzene rings is 2. The van der Waals surface area contributed by atoms with Gasteiger partial charge in [0.1, 0.15) is 17.9 Å². The Hall–Kier alpha value is -4.41. The molecule has 11 heteroatoms. The molecule has 0 aliphatic heterocycles. The maximum Gasteiger partial charge on any atom is 0.308 e. The second kappa shape index (κ2) is 11.5. The SMILES string of the molecule is CC(=O)Oc1c(F)ccc(C(=O)C(CC(=O)O)NC(=O)C(Nc2ccc3ccccc3n2)C(C)C)c1F. The number of esters is 1. The number of carbonyl (C=O) groups is 4. The van der Waals surface area contributed by atoms with E-state index in [1.807, 2.05) is 24.3 Å². The van der Waals surface area contributed by atoms with Crippen LogP contribution in [-0.2, 0) is 14.4 Å². The number of hydrogen-bond donors (Lipinski definition) is 3. The number of para-hydroxylation sites is 1. The van der Waals surface area contributed by atoms with Crippen LogP contribution < -0.4 is 15.4 Å². The van der Waals surface area contributed by atoms with Crippen LogP contribution in [0.2, 0.25) is 0 Å². The summed E-state index contributed by atoms with van der Waals surface area (Å²) in [6, 6.07) is 9.71. The number of carboxylic acid groups (broad SMARTS) is 1. The summed E-state index contributed by atoms with van der Waals surface area (Å²) in [6.45, 7) is 4.39. The van der Waals surface area contributed by atoms with Gasteiger partial charge in [-0.25, -0.2) is 13.8 Å². The average Bonchev–Trinajstić information content (AvgIpc) is 2.83. The van der Waals surface area contributed by atoms with Crippen molar-refractivity contribution in [3.05, 3.63) is 65.7 Å². The summed E-state index contributed by atoms with van der Waals surface area (Å²) < 4.78 is 33.3. The van der Waals surface area contributed by atoms with Gasteiger partial charge in [0.25, 0.3) is 0 Å². The molecule has 0 saturated carbocycles. The Morgan fingerprint density at radius 1 is 1.03 bits per heavy atom. The lowest BCUT2D eigenvalue weighted by molar-refractivity contribution is -0.137. The molecule has 3 aromatic rings. The molecule has 0 aliphatic carbocycles. The molecule has 3 N–H and O–H groups in total. The molecular formula is C26H25F2N3O6. The first-order valence-corrected chi connectivity index (χ1v) is 11.3. The van der Waals surface area contributed by atoms with Crippen LogP contribution in [0, 0.1) is 17.6 Å². The average molecular weight is 513 g/mol. The summed E-state index contributed by atoms with van der Waals surface area (Å²) in [6.07, 6.45) is -0.872. The first-order valence-electron chi connectivity index (χ1n) is 11.3. The highest BCUT2D eigenvalue weighted by atomic mass is 19.1. The van der Waals surface area contributed by atoms with Gasteiger partial charge in [-0.05, 0) is 36.2 Å². The minimum Gasteiger partial charge on any atom is -0.481 e. The van der Waals surface area contributed by atoms with Crippen molar-refractivity contribution in [2.24, 2.45) is 5.92 Å². The fourth-order valence-electron chi connectivity index (χ4n) is 3.63. The maximum absolute atomic E-state index is 14.9. The zero-order valence-corrected chi connectivity index (χ0v) is 20.2. The molecule has 0 fully saturated rings. The second-order valence-electron chi connectivity index (χ2n) is 8.61. The van der Waals surface area contributed by atoms with Crippen molar-refractivity contribution < 1.29 is 37.8 Å². The standard InChI is InChI=1S/C26H25F2N3O6/c1-13(2)23(31-20-11-8-15-6-4-5-7-18(15)29-20)26(36)30-19(12-21(33)34)24(35)16-9-10-17(27)25(22(16)28)37-14(3)32/h4-11,13,19,23H,12H2,1-3H3,(H,29,31)(H,30,36)(H,33,34). The minimum absolute atomic E-state index is 0.327. The first kappa shape index (κ1) is 27.2. The van der Waals surface area contributed by atoms with Crippen molar-refractivity contribution in [1.29, 1.82) is 0 Å². The van der Waals surface area contributed by atoms with Gasteiger partial charge >= 0.3 is 11.9 Å². The van der Waals surface area contributed by atoms with E-state index in [0.29, 0.717) is 17.4 Å². The third-order valence-electron chi connectivity index (χ3n) is 5.42. The van der Waals surface area contributed by atoms with Gasteiger partial charge in [-0.3, -0.25) is 19.2 Å². The van der Waals surface area contributed by atoms with Crippen LogP contribution >= 0.6 is 0 Å². The zero-order chi connectivity index (χ0) is 27.3. The van der Waals surface area contributed by atoms with Crippen molar-refractivity contribution in [2.45, 2.75) is 39.3 Å². The van der Waals surface area contributed by atoms with Crippen LogP contribution in [0.25, 0.3) is 10.9 Å². The fourth-order valence-corrected chi connectivity index (χ4v) is 3.63. The number of carbonyl (C=O) groups excluding carboxylic acids is 3. The number of hydrogen-bond acceptors (Lipinski definition) is 7. The van der Waals surface area contributed by atoms with Crippen molar-refractivity contribution >= 4 is 40.3 Å². The summed E-state index contributed by atoms with van der Waals surface area (Å²) in [7, 11) is 0. The molecular weight excluding hydrogens is 488 g/mol. The van der Waals surface area contributed by atoms with Crippen molar-refractivity contribution in [3.63, 3.8) is 0 Å². The number of pyridine rings is 1. The van der Waals surface area contributed by atoms with Crippen LogP contribution in [0.4, 0.5) is 14.6 Å². The molecule has 0 bridgehead atoms. The highest BCUT2D eigenvalue weighted by Crippen LogP contribution is 2.26. The summed E-state index contributed by atoms with van der Waals surface area (Å²) in [5, 5.41) is 15.6. The number of carboxylic acids is 1. The molecule has 1 aromatic heterocycles. The molecule has 1 amide bonds. The molecule has 0 radical (unpaired) electrons. The first-order chi connectivity index (χ1) is 17.5. The lowest BCUT2D eigenvalue weighted by atomic mass is 9.98. The van der Waals surface area contributed by atoms with E-state index in [0.717, 1.165) is 18.4 Å². The number of amides is 1. The molecule has 2 atom stereocenters. The molecule has 194 valence electrons. The van der Waals surface area contributed by atoms with Crippen molar-refractivity contribution in [3.8, 4) is 5.75 Å². The van der Waals surface area contributed by atoms with Crippen molar-refractivity contribution in [2.75, 3.05) is 5.32 Å². The van der Waals surface area contributed by atoms with E-state index in [9.17, 15) is 33.1 Å². The summed E-state index contributed by atoms with van der Waals surface area (Å²) in [4.78, 5) is 53.3. The number of Topliss-reactive ketones (excluding diaryl/α,β-unsaturated/α-hetero) is 1. The molecule has 37 heavy (non-hydrogen) atoms. The molecule has 3 rings (SSSR count). The van der Waals surface area contributed by atoms with Crippen LogP contribution in [0.3, 0.4) is 0 Å². The molecule has 0 aliphatic rings. The quantitative estimate of drug-likeness (QED) is 0.212. The number of ether oxygens (including phenoxy) is 1. The van der Waals surface area contributed by atoms with Crippen LogP contribution in [0.15, 0.2) is 48.5 Å². The molecule has 0 spiro atoms. The third kappa shape index (κ3) is 6.63. The van der Waals surface area contributed by atoms with E-state index in [1.54, 1.807) is 26.0 Å². The fraction of sp³-hybridized carbons (Fsp3) is 0.269. The van der Waals surface area contributed by atoms with Crippen LogP contribution in [-0.4, -0.2) is 45.8 Å². The Labute approximate surface area is 210 Å². The number of nitrogens with one attached hydrogen (secondary N) is 2. The number of fused-ring (bicyclic) bond motifs is 1. The smallest absolute Gasteiger partial charge is 0.308 e. The van der Waals surface area contributed by atoms with Crippen LogP contribution in [0.1, 0.15) is 37.6 Å². The van der Waals surface area contributed by atoms with E-state index in [4.69, 9.17) is 0 Å². The van der Waals surface area contributed by atoms with Gasteiger partial charge in [-0.1, -0.05) is 32.0 Å². The normalized spacial score (nSPS) is 12.6. The summed E-state index contributed by atoms with van der Waals surface area (Å²) in [5.74, 6) is -8.07. The van der Waals surface area contributed by atoms with E-state index in [1.165, 1.54) is 0 Å². The van der Waals surface area contributed by atoms with Gasteiger partial charge < -0.3 is 20.5 Å². The largest absolute Gasteiger partial charge is 0.481 e. The van der Waals surface area contributed by atoms with Gasteiger partial charge in [-0.2, -0.15) is 0 Å². The highest BCUT2D eigenvalue weighted by molar-refractivity contribution is 6.04. The van der Waals surface area contributed by atoms with E-state index < -0.39 is 65.1 Å². The Kier molecular flexibility index (Phi) is 8.49. The lowest BCUT2D eigenvalue weighted by Gasteiger charge is -2.25. The number of halogens is 2. The number of aromatic nitrogens is 1. The van der Waals surface area contributed by atoms with E-state index >= 15 is 0 Å². The van der Waals surface area contributed by atoms with Crippen molar-refractivity contribution in [1.82, 2.24) is 10.3 Å². The number of anilines is 1. The molecule has 0 saturated heterocycles. The van der Waals surface area contributed by atoms with Gasteiger partial charge in [-0.15, -0.1) is 0 Å². The predicted molar refractivity (Wildman–Crippen MR) is 130 cm³/mol. The number of rotatable bonds is 10. The van der Waals surface area contributed by atoms with Gasteiger partial charge in [0.15, 0.2) is 17.4 Å². The molecule has 2 unspecified atom stereocenters. The topological polar surface area (TPSA) is 135 Å². The maximum atomic E-state index is 14.9. The number of ketones is 1. The predicted octanol–water partition coefficient (Wildman–Crippen LogP) is 3.72. The van der Waals surface area contributed by atoms with E-state index in [2.05, 4.69) is 20.4 Å². The lowest BCUT2D eigenvalue weighted by Crippen LogP contribution is -2.50. The van der Waals surface area contributed by atoms with E-state index in [-0.39, 0.29) is 5.92 Å². The van der Waals surface area contributed by atoms with Crippen LogP contribution in [0.5, 0.6) is 5.75 Å². The molecule has 1 heterocycles. The van der Waals surface area contributed by atoms with Gasteiger partial charge in [0, 0.05) is 12.3 Å². The van der Waals surface area contributed by atoms with Gasteiger partial charge in [0.05, 0.1) is 17.5 Å². The minimum atomic E-state index is -1.69. The Bertz CT molecular complexity index is 1360. The zero-order valence-electron chi connectivity index (χ0n) is 20.2.